The zero-order valence-electron chi connectivity index (χ0n) is 18.3. The maximum Gasteiger partial charge on any atom is 0.573 e. The molecule has 0 radical (unpaired) electrons. The van der Waals surface area contributed by atoms with Crippen LogP contribution in [-0.2, 0) is 6.18 Å². The summed E-state index contributed by atoms with van der Waals surface area (Å²) in [5, 5.41) is 14.9. The van der Waals surface area contributed by atoms with Gasteiger partial charge in [0.2, 0.25) is 5.95 Å². The van der Waals surface area contributed by atoms with E-state index in [2.05, 4.69) is 25.3 Å². The van der Waals surface area contributed by atoms with Crippen LogP contribution in [0, 0.1) is 0 Å². The standard InChI is InChI=1S/C22H20F6N4O3/c1-12(11-33)29-20-31-17(13-4-3-5-15(8-13)35-22(26,27)28)10-19(32-20)30-14-6-7-18(34-2)16(9-14)21(23,24)25/h3-10,12,33H,11H2,1-2H3,(H2,29,30,31,32)/t12-/m0/s1. The molecule has 0 spiro atoms. The maximum absolute atomic E-state index is 13.4. The number of aliphatic hydroxyl groups excluding tert-OH is 1. The Morgan fingerprint density at radius 2 is 1.74 bits per heavy atom. The van der Waals surface area contributed by atoms with Gasteiger partial charge >= 0.3 is 12.5 Å². The Morgan fingerprint density at radius 3 is 2.37 bits per heavy atom. The number of ether oxygens (including phenoxy) is 2. The Labute approximate surface area is 195 Å². The molecule has 0 fully saturated rings. The highest BCUT2D eigenvalue weighted by Gasteiger charge is 2.34. The van der Waals surface area contributed by atoms with Gasteiger partial charge in [0.05, 0.1) is 25.0 Å². The van der Waals surface area contributed by atoms with E-state index in [-0.39, 0.29) is 41.1 Å². The molecule has 3 rings (SSSR count). The minimum atomic E-state index is -4.90. The first kappa shape index (κ1) is 25.9. The van der Waals surface area contributed by atoms with Gasteiger partial charge in [0.1, 0.15) is 17.3 Å². The average Bonchev–Trinajstić information content (AvgIpc) is 2.77. The Hall–Kier alpha value is -3.74. The smallest absolute Gasteiger partial charge is 0.496 e. The van der Waals surface area contributed by atoms with Gasteiger partial charge in [-0.1, -0.05) is 12.1 Å². The van der Waals surface area contributed by atoms with Crippen molar-refractivity contribution in [2.45, 2.75) is 25.5 Å². The molecule has 1 atom stereocenters. The SMILES string of the molecule is COc1ccc(Nc2cc(-c3cccc(OC(F)(F)F)c3)nc(N[C@@H](C)CO)n2)cc1C(F)(F)F. The van der Waals surface area contributed by atoms with Crippen molar-refractivity contribution in [2.24, 2.45) is 0 Å². The second kappa shape index (κ2) is 10.3. The Bertz CT molecular complexity index is 1170. The number of benzene rings is 2. The van der Waals surface area contributed by atoms with Gasteiger partial charge in [-0.05, 0) is 37.3 Å². The predicted molar refractivity (Wildman–Crippen MR) is 116 cm³/mol. The van der Waals surface area contributed by atoms with Crippen LogP contribution in [0.3, 0.4) is 0 Å². The summed E-state index contributed by atoms with van der Waals surface area (Å²) in [6, 6.07) is 9.19. The molecule has 13 heteroatoms. The summed E-state index contributed by atoms with van der Waals surface area (Å²) in [6.07, 6.45) is -9.58. The number of aromatic nitrogens is 2. The van der Waals surface area contributed by atoms with Crippen LogP contribution in [0.15, 0.2) is 48.5 Å². The quantitative estimate of drug-likeness (QED) is 0.345. The van der Waals surface area contributed by atoms with Crippen LogP contribution in [0.25, 0.3) is 11.3 Å². The topological polar surface area (TPSA) is 88.5 Å². The maximum atomic E-state index is 13.4. The highest BCUT2D eigenvalue weighted by atomic mass is 19.4. The molecule has 0 aliphatic rings. The molecule has 0 unspecified atom stereocenters. The minimum Gasteiger partial charge on any atom is -0.496 e. The number of halogens is 6. The van der Waals surface area contributed by atoms with Crippen molar-refractivity contribution in [3.8, 4) is 22.8 Å². The van der Waals surface area contributed by atoms with Crippen molar-refractivity contribution in [1.29, 1.82) is 0 Å². The summed E-state index contributed by atoms with van der Waals surface area (Å²) in [5.74, 6) is -0.820. The zero-order valence-corrected chi connectivity index (χ0v) is 18.3. The van der Waals surface area contributed by atoms with Crippen molar-refractivity contribution < 1.29 is 40.9 Å². The highest BCUT2D eigenvalue weighted by Crippen LogP contribution is 2.38. The molecule has 0 aliphatic carbocycles. The molecule has 1 aromatic heterocycles. The molecule has 0 aliphatic heterocycles. The average molecular weight is 502 g/mol. The first-order chi connectivity index (χ1) is 16.4. The molecule has 1 heterocycles. The van der Waals surface area contributed by atoms with E-state index in [9.17, 15) is 31.4 Å². The summed E-state index contributed by atoms with van der Waals surface area (Å²) in [7, 11) is 1.12. The number of nitrogens with zero attached hydrogens (tertiary/aromatic N) is 2. The third-order valence-corrected chi connectivity index (χ3v) is 4.52. The van der Waals surface area contributed by atoms with Crippen LogP contribution in [0.1, 0.15) is 12.5 Å². The van der Waals surface area contributed by atoms with Crippen molar-refractivity contribution in [1.82, 2.24) is 9.97 Å². The largest absolute Gasteiger partial charge is 0.573 e. The number of hydrogen-bond acceptors (Lipinski definition) is 7. The highest BCUT2D eigenvalue weighted by molar-refractivity contribution is 5.69. The van der Waals surface area contributed by atoms with E-state index in [1.54, 1.807) is 6.92 Å². The summed E-state index contributed by atoms with van der Waals surface area (Å²) in [4.78, 5) is 8.44. The minimum absolute atomic E-state index is 0.0155. The summed E-state index contributed by atoms with van der Waals surface area (Å²) >= 11 is 0. The van der Waals surface area contributed by atoms with E-state index < -0.39 is 29.9 Å². The van der Waals surface area contributed by atoms with Gasteiger partial charge in [-0.25, -0.2) is 4.98 Å². The monoisotopic (exact) mass is 502 g/mol. The third-order valence-electron chi connectivity index (χ3n) is 4.52. The van der Waals surface area contributed by atoms with Crippen LogP contribution in [0.5, 0.6) is 11.5 Å². The second-order valence-corrected chi connectivity index (χ2v) is 7.30. The molecule has 0 bridgehead atoms. The summed E-state index contributed by atoms with van der Waals surface area (Å²) in [5.41, 5.74) is -0.614. The van der Waals surface area contributed by atoms with Crippen molar-refractivity contribution in [3.05, 3.63) is 54.1 Å². The second-order valence-electron chi connectivity index (χ2n) is 7.30. The van der Waals surface area contributed by atoms with Gasteiger partial charge in [0, 0.05) is 23.4 Å². The van der Waals surface area contributed by atoms with E-state index in [1.165, 1.54) is 24.3 Å². The molecule has 7 nitrogen and oxygen atoms in total. The molecule has 0 saturated carbocycles. The molecule has 3 N–H and O–H groups in total. The lowest BCUT2D eigenvalue weighted by molar-refractivity contribution is -0.274. The van der Waals surface area contributed by atoms with E-state index in [0.29, 0.717) is 0 Å². The fourth-order valence-corrected chi connectivity index (χ4v) is 3.00. The van der Waals surface area contributed by atoms with Crippen molar-refractivity contribution in [2.75, 3.05) is 24.4 Å². The lowest BCUT2D eigenvalue weighted by atomic mass is 10.1. The first-order valence-electron chi connectivity index (χ1n) is 10.0. The molecule has 3 aromatic rings. The van der Waals surface area contributed by atoms with Crippen LogP contribution in [0.4, 0.5) is 43.8 Å². The normalized spacial score (nSPS) is 12.7. The Balaban J connectivity index is 2.02. The number of aliphatic hydroxyl groups is 1. The van der Waals surface area contributed by atoms with Crippen LogP contribution in [0.2, 0.25) is 0 Å². The first-order valence-corrected chi connectivity index (χ1v) is 10.0. The van der Waals surface area contributed by atoms with Crippen LogP contribution in [-0.4, -0.2) is 41.2 Å². The molecule has 2 aromatic carbocycles. The molecule has 0 amide bonds. The Morgan fingerprint density at radius 1 is 1.00 bits per heavy atom. The Kier molecular flexibility index (Phi) is 7.58. The molecule has 35 heavy (non-hydrogen) atoms. The van der Waals surface area contributed by atoms with E-state index in [4.69, 9.17) is 4.74 Å². The van der Waals surface area contributed by atoms with Crippen LogP contribution < -0.4 is 20.1 Å². The van der Waals surface area contributed by atoms with Gasteiger partial charge in [-0.3, -0.25) is 0 Å². The number of hydrogen-bond donors (Lipinski definition) is 3. The summed E-state index contributed by atoms with van der Waals surface area (Å²) < 4.78 is 86.7. The van der Waals surface area contributed by atoms with E-state index in [1.807, 2.05) is 0 Å². The van der Waals surface area contributed by atoms with Gasteiger partial charge in [0.15, 0.2) is 0 Å². The number of rotatable bonds is 8. The van der Waals surface area contributed by atoms with Gasteiger partial charge in [0.25, 0.3) is 0 Å². The van der Waals surface area contributed by atoms with Crippen molar-refractivity contribution in [3.63, 3.8) is 0 Å². The fraction of sp³-hybridized carbons (Fsp3) is 0.273. The number of nitrogens with one attached hydrogen (secondary N) is 2. The lowest BCUT2D eigenvalue weighted by Crippen LogP contribution is -2.21. The van der Waals surface area contributed by atoms with Gasteiger partial charge in [-0.2, -0.15) is 18.2 Å². The fourth-order valence-electron chi connectivity index (χ4n) is 3.00. The van der Waals surface area contributed by atoms with Crippen LogP contribution >= 0.6 is 0 Å². The van der Waals surface area contributed by atoms with E-state index in [0.717, 1.165) is 31.4 Å². The predicted octanol–water partition coefficient (Wildman–Crippen LogP) is 5.61. The number of methoxy groups -OCH3 is 1. The number of anilines is 3. The van der Waals surface area contributed by atoms with Gasteiger partial charge in [-0.15, -0.1) is 13.2 Å². The molecular formula is C22H20F6N4O3. The molecular weight excluding hydrogens is 482 g/mol. The van der Waals surface area contributed by atoms with E-state index >= 15 is 0 Å². The van der Waals surface area contributed by atoms with Crippen molar-refractivity contribution >= 4 is 17.5 Å². The van der Waals surface area contributed by atoms with Gasteiger partial charge < -0.3 is 25.2 Å². The molecule has 0 saturated heterocycles. The zero-order chi connectivity index (χ0) is 25.8. The lowest BCUT2D eigenvalue weighted by Gasteiger charge is -2.16. The third kappa shape index (κ3) is 7.12. The summed E-state index contributed by atoms with van der Waals surface area (Å²) in [6.45, 7) is 1.35. The number of alkyl halides is 6. The molecule has 188 valence electrons.